The Balaban J connectivity index is 1.69. The molecule has 8 nitrogen and oxygen atoms in total. The number of sulfone groups is 1. The van der Waals surface area contributed by atoms with Crippen LogP contribution >= 0.6 is 0 Å². The molecule has 1 aliphatic carbocycles. The number of aromatic nitrogens is 1. The molecule has 1 aliphatic heterocycles. The van der Waals surface area contributed by atoms with E-state index in [0.717, 1.165) is 48.9 Å². The average molecular weight is 670 g/mol. The van der Waals surface area contributed by atoms with E-state index in [1.807, 2.05) is 5.32 Å². The first-order valence-corrected chi connectivity index (χ1v) is 15.3. The molecule has 0 unspecified atom stereocenters. The minimum absolute atomic E-state index is 0.0195. The quantitative estimate of drug-likeness (QED) is 0.252. The Kier molecular flexibility index (Phi) is 9.26. The SMILES string of the molecule is CS(=O)(=O)C1(C(=O)NCC2=C(c3ccc(C(F)F)cn3)C[C@@](c3ccc(OCCCC(F)(F)F)cc3)(C(F)(F)F)NC2=O)CC1. The molecule has 1 atom stereocenters. The first kappa shape index (κ1) is 34.1. The van der Waals surface area contributed by atoms with Crippen molar-refractivity contribution < 1.29 is 57.9 Å². The van der Waals surface area contributed by atoms with Crippen LogP contribution in [-0.4, -0.2) is 61.7 Å². The fourth-order valence-electron chi connectivity index (χ4n) is 4.98. The van der Waals surface area contributed by atoms with Gasteiger partial charge in [0, 0.05) is 43.0 Å². The van der Waals surface area contributed by atoms with Crippen LogP contribution in [0.15, 0.2) is 48.2 Å². The summed E-state index contributed by atoms with van der Waals surface area (Å²) in [5.74, 6) is -2.25. The summed E-state index contributed by atoms with van der Waals surface area (Å²) in [7, 11) is -3.85. The Labute approximate surface area is 252 Å². The normalized spacial score (nSPS) is 20.2. The maximum Gasteiger partial charge on any atom is 0.416 e. The summed E-state index contributed by atoms with van der Waals surface area (Å²) >= 11 is 0. The highest BCUT2D eigenvalue weighted by Gasteiger charge is 2.61. The van der Waals surface area contributed by atoms with Gasteiger partial charge in [-0.15, -0.1) is 0 Å². The molecule has 0 saturated heterocycles. The predicted molar refractivity (Wildman–Crippen MR) is 144 cm³/mol. The van der Waals surface area contributed by atoms with Gasteiger partial charge in [0.1, 0.15) is 5.75 Å². The molecule has 0 bridgehead atoms. The zero-order valence-corrected chi connectivity index (χ0v) is 24.3. The fourth-order valence-corrected chi connectivity index (χ4v) is 6.24. The van der Waals surface area contributed by atoms with Crippen molar-refractivity contribution in [1.29, 1.82) is 0 Å². The smallest absolute Gasteiger partial charge is 0.416 e. The minimum atomic E-state index is -5.16. The Morgan fingerprint density at radius 1 is 1.07 bits per heavy atom. The molecule has 246 valence electrons. The molecule has 17 heteroatoms. The Bertz CT molecular complexity index is 1570. The molecule has 2 aromatic rings. The number of hydrogen-bond donors (Lipinski definition) is 2. The molecule has 0 radical (unpaired) electrons. The van der Waals surface area contributed by atoms with Crippen LogP contribution < -0.4 is 15.4 Å². The molecule has 45 heavy (non-hydrogen) atoms. The molecular weight excluding hydrogens is 642 g/mol. The molecule has 2 N–H and O–H groups in total. The van der Waals surface area contributed by atoms with Crippen LogP contribution in [0.25, 0.3) is 5.57 Å². The van der Waals surface area contributed by atoms with Gasteiger partial charge >= 0.3 is 12.4 Å². The van der Waals surface area contributed by atoms with E-state index in [9.17, 15) is 53.1 Å². The lowest BCUT2D eigenvalue weighted by Gasteiger charge is -2.41. The molecular formula is C28H27F8N3O5S. The summed E-state index contributed by atoms with van der Waals surface area (Å²) in [5.41, 5.74) is -5.10. The lowest BCUT2D eigenvalue weighted by atomic mass is 9.77. The van der Waals surface area contributed by atoms with Crippen molar-refractivity contribution in [2.75, 3.05) is 19.4 Å². The highest BCUT2D eigenvalue weighted by Crippen LogP contribution is 2.49. The van der Waals surface area contributed by atoms with Crippen molar-refractivity contribution in [3.05, 3.63) is 65.0 Å². The van der Waals surface area contributed by atoms with E-state index < -0.39 is 86.8 Å². The summed E-state index contributed by atoms with van der Waals surface area (Å²) in [4.78, 5) is 30.0. The van der Waals surface area contributed by atoms with Crippen LogP contribution in [0, 0.1) is 0 Å². The van der Waals surface area contributed by atoms with Gasteiger partial charge in [0.15, 0.2) is 20.1 Å². The number of rotatable bonds is 11. The van der Waals surface area contributed by atoms with Crippen molar-refractivity contribution in [2.45, 2.75) is 61.2 Å². The molecule has 4 rings (SSSR count). The Hall–Kier alpha value is -3.76. The first-order chi connectivity index (χ1) is 20.8. The van der Waals surface area contributed by atoms with E-state index in [4.69, 9.17) is 4.74 Å². The van der Waals surface area contributed by atoms with Gasteiger partial charge in [0.2, 0.25) is 11.8 Å². The van der Waals surface area contributed by atoms with Crippen molar-refractivity contribution >= 4 is 27.2 Å². The van der Waals surface area contributed by atoms with Gasteiger partial charge in [-0.25, -0.2) is 17.2 Å². The van der Waals surface area contributed by atoms with E-state index in [1.165, 1.54) is 0 Å². The minimum Gasteiger partial charge on any atom is -0.494 e. The average Bonchev–Trinajstić information content (AvgIpc) is 3.76. The zero-order chi connectivity index (χ0) is 33.4. The summed E-state index contributed by atoms with van der Waals surface area (Å²) in [5, 5.41) is 4.27. The molecule has 0 spiro atoms. The molecule has 2 heterocycles. The summed E-state index contributed by atoms with van der Waals surface area (Å²) in [6.45, 7) is -1.04. The van der Waals surface area contributed by atoms with Gasteiger partial charge in [-0.1, -0.05) is 12.1 Å². The number of ether oxygens (including phenoxy) is 1. The molecule has 1 fully saturated rings. The second kappa shape index (κ2) is 12.2. The number of carbonyl (C=O) groups is 2. The third kappa shape index (κ3) is 7.23. The van der Waals surface area contributed by atoms with Crippen LogP contribution in [-0.2, 0) is 25.0 Å². The number of nitrogens with one attached hydrogen (secondary N) is 2. The standard InChI is InChI=1S/C28H27F8N3O5S/c1-45(42,43)25(10-11-25)24(41)38-15-20-19(21-8-3-16(14-37-21)22(29)30)13-26(28(34,35)36,39-23(20)40)17-4-6-18(7-5-17)44-12-2-9-27(31,32)33/h3-8,14,22H,2,9-13,15H2,1H3,(H,38,41)(H,39,40)/t26-/m1/s1. The maximum atomic E-state index is 14.9. The number of benzene rings is 1. The topological polar surface area (TPSA) is 114 Å². The highest BCUT2D eigenvalue weighted by atomic mass is 32.2. The highest BCUT2D eigenvalue weighted by molar-refractivity contribution is 7.93. The van der Waals surface area contributed by atoms with Crippen molar-refractivity contribution in [2.24, 2.45) is 0 Å². The number of nitrogens with zero attached hydrogens (tertiary/aromatic N) is 1. The first-order valence-electron chi connectivity index (χ1n) is 13.4. The van der Waals surface area contributed by atoms with Gasteiger partial charge in [-0.05, 0) is 54.7 Å². The maximum absolute atomic E-state index is 14.9. The molecule has 1 aromatic heterocycles. The van der Waals surface area contributed by atoms with Crippen LogP contribution in [0.2, 0.25) is 0 Å². The Morgan fingerprint density at radius 2 is 1.71 bits per heavy atom. The van der Waals surface area contributed by atoms with E-state index in [1.54, 1.807) is 0 Å². The predicted octanol–water partition coefficient (Wildman–Crippen LogP) is 5.17. The van der Waals surface area contributed by atoms with Gasteiger partial charge < -0.3 is 15.4 Å². The number of halogens is 8. The molecule has 1 aromatic carbocycles. The van der Waals surface area contributed by atoms with Gasteiger partial charge in [-0.2, -0.15) is 26.3 Å². The number of alkyl halides is 8. The third-order valence-corrected chi connectivity index (χ3v) is 9.73. The van der Waals surface area contributed by atoms with E-state index in [2.05, 4.69) is 10.3 Å². The Morgan fingerprint density at radius 3 is 2.20 bits per heavy atom. The summed E-state index contributed by atoms with van der Waals surface area (Å²) < 4.78 is 136. The van der Waals surface area contributed by atoms with Crippen molar-refractivity contribution in [1.82, 2.24) is 15.6 Å². The monoisotopic (exact) mass is 669 g/mol. The second-order valence-corrected chi connectivity index (χ2v) is 13.1. The van der Waals surface area contributed by atoms with Crippen LogP contribution in [0.3, 0.4) is 0 Å². The molecule has 2 aliphatic rings. The fraction of sp³-hybridized carbons (Fsp3) is 0.464. The zero-order valence-electron chi connectivity index (χ0n) is 23.5. The van der Waals surface area contributed by atoms with Gasteiger partial charge in [0.05, 0.1) is 12.3 Å². The second-order valence-electron chi connectivity index (χ2n) is 10.8. The third-order valence-electron chi connectivity index (χ3n) is 7.71. The van der Waals surface area contributed by atoms with E-state index in [0.29, 0.717) is 0 Å². The number of carbonyl (C=O) groups excluding carboxylic acids is 2. The van der Waals surface area contributed by atoms with Crippen molar-refractivity contribution in [3.8, 4) is 5.75 Å². The van der Waals surface area contributed by atoms with Gasteiger partial charge in [-0.3, -0.25) is 14.6 Å². The molecule has 2 amide bonds. The lowest BCUT2D eigenvalue weighted by molar-refractivity contribution is -0.201. The van der Waals surface area contributed by atoms with E-state index in [-0.39, 0.29) is 42.9 Å². The number of amides is 2. The lowest BCUT2D eigenvalue weighted by Crippen LogP contribution is -2.59. The van der Waals surface area contributed by atoms with Gasteiger partial charge in [0.25, 0.3) is 6.43 Å². The van der Waals surface area contributed by atoms with Crippen LogP contribution in [0.5, 0.6) is 5.75 Å². The van der Waals surface area contributed by atoms with Crippen LogP contribution in [0.4, 0.5) is 35.1 Å². The van der Waals surface area contributed by atoms with E-state index >= 15 is 0 Å². The molecule has 1 saturated carbocycles. The number of pyridine rings is 1. The largest absolute Gasteiger partial charge is 0.494 e. The van der Waals surface area contributed by atoms with Crippen molar-refractivity contribution in [3.63, 3.8) is 0 Å². The summed E-state index contributed by atoms with van der Waals surface area (Å²) in [6, 6.07) is 6.08. The van der Waals surface area contributed by atoms with Crippen LogP contribution in [0.1, 0.15) is 55.4 Å². The number of hydrogen-bond acceptors (Lipinski definition) is 6. The summed E-state index contributed by atoms with van der Waals surface area (Å²) in [6.07, 6.45) is -13.4.